The Morgan fingerprint density at radius 1 is 0.395 bits per heavy atom. The van der Waals surface area contributed by atoms with Gasteiger partial charge in [-0.25, -0.2) is 0 Å². The second-order valence-electron chi connectivity index (χ2n) is 9.88. The fourth-order valence-corrected chi connectivity index (χ4v) is 5.92. The van der Waals surface area contributed by atoms with E-state index in [1.165, 1.54) is 66.0 Å². The summed E-state index contributed by atoms with van der Waals surface area (Å²) in [4.78, 5) is 0. The molecular weight excluding hydrogens is 460 g/mol. The molecule has 2 heteroatoms. The van der Waals surface area contributed by atoms with E-state index in [1.54, 1.807) is 0 Å². The van der Waals surface area contributed by atoms with E-state index in [0.717, 1.165) is 0 Å². The second kappa shape index (κ2) is 8.22. The molecule has 0 aliphatic rings. The highest BCUT2D eigenvalue weighted by Crippen LogP contribution is 2.39. The van der Waals surface area contributed by atoms with E-state index < -0.39 is 0 Å². The van der Waals surface area contributed by atoms with E-state index in [9.17, 15) is 0 Å². The molecule has 0 fully saturated rings. The highest BCUT2D eigenvalue weighted by Gasteiger charge is 2.17. The molecule has 2 heterocycles. The molecule has 8 rings (SSSR count). The minimum Gasteiger partial charge on any atom is -0.316 e. The van der Waals surface area contributed by atoms with Gasteiger partial charge in [-0.2, -0.15) is 0 Å². The largest absolute Gasteiger partial charge is 0.316 e. The van der Waals surface area contributed by atoms with Crippen molar-refractivity contribution in [3.63, 3.8) is 0 Å². The number of hydrogen-bond donors (Lipinski definition) is 0. The summed E-state index contributed by atoms with van der Waals surface area (Å²) in [6, 6.07) is 50.3. The maximum absolute atomic E-state index is 2.45. The summed E-state index contributed by atoms with van der Waals surface area (Å²) in [6.45, 7) is 0. The minimum atomic E-state index is 1.17. The van der Waals surface area contributed by atoms with E-state index in [1.807, 2.05) is 0 Å². The van der Waals surface area contributed by atoms with E-state index in [4.69, 9.17) is 0 Å². The van der Waals surface area contributed by atoms with Crippen molar-refractivity contribution in [3.05, 3.63) is 146 Å². The Morgan fingerprint density at radius 3 is 1.92 bits per heavy atom. The SMILES string of the molecule is c1ccc(-c2ccc(-n3c4cc5c(ccn5-c5ccccc5)cc4c4ccc5ccccc5c43)cc2)cc1. The third kappa shape index (κ3) is 3.14. The molecule has 0 unspecified atom stereocenters. The first kappa shape index (κ1) is 21.0. The fraction of sp³-hybridized carbons (Fsp3) is 0. The predicted octanol–water partition coefficient (Wildman–Crippen LogP) is 9.55. The third-order valence-electron chi connectivity index (χ3n) is 7.73. The van der Waals surface area contributed by atoms with Gasteiger partial charge in [-0.1, -0.05) is 97.1 Å². The molecule has 38 heavy (non-hydrogen) atoms. The van der Waals surface area contributed by atoms with Gasteiger partial charge < -0.3 is 9.13 Å². The molecule has 178 valence electrons. The van der Waals surface area contributed by atoms with Crippen LogP contribution in [0.25, 0.3) is 66.0 Å². The molecule has 0 saturated carbocycles. The molecule has 2 nitrogen and oxygen atoms in total. The van der Waals surface area contributed by atoms with E-state index >= 15 is 0 Å². The van der Waals surface area contributed by atoms with Crippen molar-refractivity contribution in [2.45, 2.75) is 0 Å². The van der Waals surface area contributed by atoms with Gasteiger partial charge in [0.25, 0.3) is 0 Å². The molecule has 0 saturated heterocycles. The lowest BCUT2D eigenvalue weighted by molar-refractivity contribution is 1.13. The molecule has 0 radical (unpaired) electrons. The van der Waals surface area contributed by atoms with Crippen LogP contribution in [-0.2, 0) is 0 Å². The van der Waals surface area contributed by atoms with Crippen molar-refractivity contribution in [1.82, 2.24) is 9.13 Å². The zero-order chi connectivity index (χ0) is 25.1. The Bertz CT molecular complexity index is 2100. The van der Waals surface area contributed by atoms with Crippen LogP contribution in [0.3, 0.4) is 0 Å². The van der Waals surface area contributed by atoms with E-state index in [-0.39, 0.29) is 0 Å². The van der Waals surface area contributed by atoms with Crippen LogP contribution in [0.5, 0.6) is 0 Å². The number of hydrogen-bond acceptors (Lipinski definition) is 0. The summed E-state index contributed by atoms with van der Waals surface area (Å²) in [5, 5.41) is 6.32. The van der Waals surface area contributed by atoms with Crippen molar-refractivity contribution in [1.29, 1.82) is 0 Å². The summed E-state index contributed by atoms with van der Waals surface area (Å²) in [5.74, 6) is 0. The quantitative estimate of drug-likeness (QED) is 0.236. The number of para-hydroxylation sites is 1. The zero-order valence-corrected chi connectivity index (χ0v) is 20.8. The van der Waals surface area contributed by atoms with Crippen LogP contribution < -0.4 is 0 Å². The standard InChI is InChI=1S/C36H24N2/c1-3-9-25(10-4-1)26-15-18-30(19-16-26)38-35-24-34-28(21-22-37(34)29-12-5-2-6-13-29)23-33(35)32-20-17-27-11-7-8-14-31(27)36(32)38/h1-24H. The van der Waals surface area contributed by atoms with Crippen LogP contribution in [0.15, 0.2) is 146 Å². The Balaban J connectivity index is 1.46. The van der Waals surface area contributed by atoms with Gasteiger partial charge in [0.15, 0.2) is 0 Å². The van der Waals surface area contributed by atoms with Crippen molar-refractivity contribution in [3.8, 4) is 22.5 Å². The first-order chi connectivity index (χ1) is 18.8. The lowest BCUT2D eigenvalue weighted by Crippen LogP contribution is -1.96. The van der Waals surface area contributed by atoms with Crippen molar-refractivity contribution < 1.29 is 0 Å². The van der Waals surface area contributed by atoms with Crippen molar-refractivity contribution >= 4 is 43.5 Å². The van der Waals surface area contributed by atoms with Crippen LogP contribution in [-0.4, -0.2) is 9.13 Å². The number of fused-ring (bicyclic) bond motifs is 6. The van der Waals surface area contributed by atoms with Gasteiger partial charge in [0.1, 0.15) is 0 Å². The van der Waals surface area contributed by atoms with Crippen LogP contribution in [0.2, 0.25) is 0 Å². The van der Waals surface area contributed by atoms with Gasteiger partial charge in [0, 0.05) is 39.1 Å². The first-order valence-electron chi connectivity index (χ1n) is 13.0. The highest BCUT2D eigenvalue weighted by molar-refractivity contribution is 6.20. The summed E-state index contributed by atoms with van der Waals surface area (Å²) >= 11 is 0. The average Bonchev–Trinajstić information content (AvgIpc) is 3.56. The van der Waals surface area contributed by atoms with Gasteiger partial charge in [0.2, 0.25) is 0 Å². The lowest BCUT2D eigenvalue weighted by atomic mass is 10.0. The van der Waals surface area contributed by atoms with Gasteiger partial charge >= 0.3 is 0 Å². The number of rotatable bonds is 3. The highest BCUT2D eigenvalue weighted by atomic mass is 15.0. The molecule has 0 bridgehead atoms. The molecule has 0 spiro atoms. The van der Waals surface area contributed by atoms with Crippen LogP contribution in [0.4, 0.5) is 0 Å². The summed E-state index contributed by atoms with van der Waals surface area (Å²) < 4.78 is 4.73. The van der Waals surface area contributed by atoms with Crippen LogP contribution in [0.1, 0.15) is 0 Å². The smallest absolute Gasteiger partial charge is 0.0619 e. The van der Waals surface area contributed by atoms with Gasteiger partial charge in [-0.3, -0.25) is 0 Å². The van der Waals surface area contributed by atoms with Crippen LogP contribution >= 0.6 is 0 Å². The zero-order valence-electron chi connectivity index (χ0n) is 20.8. The predicted molar refractivity (Wildman–Crippen MR) is 161 cm³/mol. The third-order valence-corrected chi connectivity index (χ3v) is 7.73. The molecule has 2 aromatic heterocycles. The van der Waals surface area contributed by atoms with Gasteiger partial charge in [-0.15, -0.1) is 0 Å². The summed E-state index contributed by atoms with van der Waals surface area (Å²) in [5.41, 5.74) is 8.46. The first-order valence-corrected chi connectivity index (χ1v) is 13.0. The Hall–Kier alpha value is -5.08. The minimum absolute atomic E-state index is 1.17. The van der Waals surface area contributed by atoms with Crippen molar-refractivity contribution in [2.24, 2.45) is 0 Å². The van der Waals surface area contributed by atoms with Gasteiger partial charge in [0.05, 0.1) is 16.6 Å². The molecule has 6 aromatic carbocycles. The molecule has 0 N–H and O–H groups in total. The van der Waals surface area contributed by atoms with Crippen molar-refractivity contribution in [2.75, 3.05) is 0 Å². The fourth-order valence-electron chi connectivity index (χ4n) is 5.92. The second-order valence-corrected chi connectivity index (χ2v) is 9.88. The summed E-state index contributed by atoms with van der Waals surface area (Å²) in [6.07, 6.45) is 2.18. The Labute approximate surface area is 220 Å². The Kier molecular flexibility index (Phi) is 4.55. The maximum Gasteiger partial charge on any atom is 0.0619 e. The van der Waals surface area contributed by atoms with Crippen LogP contribution in [0, 0.1) is 0 Å². The number of nitrogens with zero attached hydrogens (tertiary/aromatic N) is 2. The molecule has 0 aliphatic carbocycles. The summed E-state index contributed by atoms with van der Waals surface area (Å²) in [7, 11) is 0. The normalized spacial score (nSPS) is 11.7. The average molecular weight is 485 g/mol. The topological polar surface area (TPSA) is 9.86 Å². The monoisotopic (exact) mass is 484 g/mol. The molecule has 0 aliphatic heterocycles. The van der Waals surface area contributed by atoms with Gasteiger partial charge in [-0.05, 0) is 59.0 Å². The van der Waals surface area contributed by atoms with E-state index in [0.29, 0.717) is 0 Å². The Morgan fingerprint density at radius 2 is 1.11 bits per heavy atom. The van der Waals surface area contributed by atoms with E-state index in [2.05, 4.69) is 155 Å². The number of aromatic nitrogens is 2. The molecular formula is C36H24N2. The number of benzene rings is 6. The molecule has 0 atom stereocenters. The lowest BCUT2D eigenvalue weighted by Gasteiger charge is -2.12. The molecule has 0 amide bonds. The molecule has 8 aromatic rings. The maximum atomic E-state index is 2.45.